The van der Waals surface area contributed by atoms with Gasteiger partial charge in [0.05, 0.1) is 17.8 Å². The van der Waals surface area contributed by atoms with Crippen molar-refractivity contribution in [2.24, 2.45) is 39.9 Å². The number of rotatable bonds is 3. The van der Waals surface area contributed by atoms with Crippen molar-refractivity contribution in [3.8, 4) is 0 Å². The van der Waals surface area contributed by atoms with Gasteiger partial charge in [0.1, 0.15) is 12.8 Å². The minimum Gasteiger partial charge on any atom is -0.419 e. The van der Waals surface area contributed by atoms with Crippen LogP contribution < -0.4 is 0 Å². The highest BCUT2D eigenvalue weighted by Gasteiger charge is 2.74. The predicted molar refractivity (Wildman–Crippen MR) is 119 cm³/mol. The number of halogens is 2. The molecule has 34 heavy (non-hydrogen) atoms. The van der Waals surface area contributed by atoms with Crippen LogP contribution in [0.5, 0.6) is 0 Å². The van der Waals surface area contributed by atoms with Crippen molar-refractivity contribution < 1.29 is 33.0 Å². The molecule has 0 aromatic rings. The standard InChI is InChI=1S/C26H31F2NO5/c1-4-34-23(33)29-12-14-7-17-16-9-19(28)18-8-15(30)5-6-24(18,2)22(16)20(31)10-25(17,3)26(14,13-29)21(32)11-27/h4-6,8,14,16-17,19-20,22,31H,1,7,9-13H2,2-3H3/t14-,16-,17?,19-,20?,22?,24-,25-,26+/m0/s1. The van der Waals surface area contributed by atoms with Gasteiger partial charge in [0, 0.05) is 24.4 Å². The van der Waals surface area contributed by atoms with E-state index in [2.05, 4.69) is 6.58 Å². The second-order valence-electron chi connectivity index (χ2n) is 11.2. The van der Waals surface area contributed by atoms with Crippen molar-refractivity contribution in [3.05, 3.63) is 36.6 Å². The molecule has 3 saturated carbocycles. The molecule has 4 fully saturated rings. The third-order valence-electron chi connectivity index (χ3n) is 10.1. The Hall–Kier alpha value is -2.35. The van der Waals surface area contributed by atoms with Crippen molar-refractivity contribution in [2.45, 2.75) is 45.4 Å². The third kappa shape index (κ3) is 2.77. The van der Waals surface area contributed by atoms with E-state index in [1.54, 1.807) is 6.08 Å². The number of fused-ring (bicyclic) bond motifs is 7. The molecule has 5 aliphatic rings. The lowest BCUT2D eigenvalue weighted by atomic mass is 9.44. The summed E-state index contributed by atoms with van der Waals surface area (Å²) in [6.07, 6.45) is 3.66. The molecule has 6 nitrogen and oxygen atoms in total. The summed E-state index contributed by atoms with van der Waals surface area (Å²) in [6.45, 7) is 6.29. The van der Waals surface area contributed by atoms with Crippen molar-refractivity contribution in [3.63, 3.8) is 0 Å². The number of Topliss-reactive ketones (excluding diaryl/α,β-unsaturated/α-hetero) is 1. The molecule has 1 saturated heterocycles. The number of nitrogens with zero attached hydrogens (tertiary/aromatic N) is 1. The van der Waals surface area contributed by atoms with E-state index in [0.29, 0.717) is 12.0 Å². The smallest absolute Gasteiger partial charge is 0.414 e. The maximum Gasteiger partial charge on any atom is 0.414 e. The minimum absolute atomic E-state index is 0.0140. The van der Waals surface area contributed by atoms with Gasteiger partial charge in [0.2, 0.25) is 0 Å². The van der Waals surface area contributed by atoms with Crippen molar-refractivity contribution in [1.82, 2.24) is 4.90 Å². The molecule has 9 atom stereocenters. The first-order valence-electron chi connectivity index (χ1n) is 12.0. The zero-order valence-corrected chi connectivity index (χ0v) is 19.5. The first-order chi connectivity index (χ1) is 16.0. The molecule has 0 radical (unpaired) electrons. The fourth-order valence-corrected chi connectivity index (χ4v) is 8.81. The molecule has 1 aliphatic heterocycles. The average molecular weight is 476 g/mol. The molecule has 3 unspecified atom stereocenters. The lowest BCUT2D eigenvalue weighted by Crippen LogP contribution is -2.61. The van der Waals surface area contributed by atoms with E-state index < -0.39 is 47.1 Å². The van der Waals surface area contributed by atoms with E-state index in [4.69, 9.17) is 4.74 Å². The molecular formula is C26H31F2NO5. The molecule has 0 aromatic carbocycles. The van der Waals surface area contributed by atoms with E-state index in [1.165, 1.54) is 17.1 Å². The van der Waals surface area contributed by atoms with Crippen molar-refractivity contribution in [2.75, 3.05) is 19.8 Å². The highest BCUT2D eigenvalue weighted by atomic mass is 19.1. The minimum atomic E-state index is -1.33. The Kier molecular flexibility index (Phi) is 5.21. The van der Waals surface area contributed by atoms with Crippen molar-refractivity contribution in [1.29, 1.82) is 0 Å². The summed E-state index contributed by atoms with van der Waals surface area (Å²) >= 11 is 0. The monoisotopic (exact) mass is 475 g/mol. The summed E-state index contributed by atoms with van der Waals surface area (Å²) in [5.41, 5.74) is -2.36. The van der Waals surface area contributed by atoms with Gasteiger partial charge >= 0.3 is 6.09 Å². The highest BCUT2D eigenvalue weighted by molar-refractivity contribution is 6.01. The number of carbonyl (C=O) groups excluding carboxylic acids is 3. The van der Waals surface area contributed by atoms with E-state index >= 15 is 4.39 Å². The third-order valence-corrected chi connectivity index (χ3v) is 10.1. The highest BCUT2D eigenvalue weighted by Crippen LogP contribution is 2.72. The Morgan fingerprint density at radius 3 is 2.76 bits per heavy atom. The van der Waals surface area contributed by atoms with Crippen LogP contribution in [0.3, 0.4) is 0 Å². The first kappa shape index (κ1) is 23.4. The molecule has 0 aromatic heterocycles. The molecule has 0 spiro atoms. The zero-order chi connectivity index (χ0) is 24.6. The van der Waals surface area contributed by atoms with E-state index in [0.717, 1.165) is 6.26 Å². The molecule has 1 amide bonds. The first-order valence-corrected chi connectivity index (χ1v) is 12.0. The van der Waals surface area contributed by atoms with Gasteiger partial charge in [-0.3, -0.25) is 9.59 Å². The van der Waals surface area contributed by atoms with E-state index in [9.17, 15) is 23.9 Å². The quantitative estimate of drug-likeness (QED) is 0.631. The number of hydrogen-bond acceptors (Lipinski definition) is 5. The van der Waals surface area contributed by atoms with Gasteiger partial charge in [0.25, 0.3) is 0 Å². The number of amides is 1. The average Bonchev–Trinajstić information content (AvgIpc) is 3.28. The summed E-state index contributed by atoms with van der Waals surface area (Å²) in [5.74, 6) is -1.80. The van der Waals surface area contributed by atoms with Crippen LogP contribution >= 0.6 is 0 Å². The molecule has 8 heteroatoms. The number of aliphatic hydroxyl groups is 1. The van der Waals surface area contributed by atoms with Crippen LogP contribution in [-0.2, 0) is 14.3 Å². The number of aliphatic hydroxyl groups excluding tert-OH is 1. The van der Waals surface area contributed by atoms with Gasteiger partial charge in [-0.1, -0.05) is 26.5 Å². The molecular weight excluding hydrogens is 444 g/mol. The van der Waals surface area contributed by atoms with Gasteiger partial charge < -0.3 is 14.7 Å². The largest absolute Gasteiger partial charge is 0.419 e. The van der Waals surface area contributed by atoms with Crippen LogP contribution in [0.15, 0.2) is 36.6 Å². The van der Waals surface area contributed by atoms with Gasteiger partial charge in [0.15, 0.2) is 11.6 Å². The Balaban J connectivity index is 1.57. The summed E-state index contributed by atoms with van der Waals surface area (Å²) in [4.78, 5) is 39.1. The molecule has 1 N–H and O–H groups in total. The van der Waals surface area contributed by atoms with E-state index in [1.807, 2.05) is 13.8 Å². The number of alkyl halides is 2. The van der Waals surface area contributed by atoms with Crippen LogP contribution in [0.2, 0.25) is 0 Å². The maximum absolute atomic E-state index is 15.5. The molecule has 184 valence electrons. The van der Waals surface area contributed by atoms with Crippen LogP contribution in [0.4, 0.5) is 13.6 Å². The number of allylic oxidation sites excluding steroid dienone is 4. The second-order valence-corrected chi connectivity index (χ2v) is 11.2. The zero-order valence-electron chi connectivity index (χ0n) is 19.5. The van der Waals surface area contributed by atoms with Crippen LogP contribution in [0, 0.1) is 39.9 Å². The van der Waals surface area contributed by atoms with Gasteiger partial charge in [-0.25, -0.2) is 13.6 Å². The Bertz CT molecular complexity index is 1020. The summed E-state index contributed by atoms with van der Waals surface area (Å²) in [7, 11) is 0. The summed E-state index contributed by atoms with van der Waals surface area (Å²) < 4.78 is 34.5. The molecule has 1 heterocycles. The summed E-state index contributed by atoms with van der Waals surface area (Å²) in [5, 5.41) is 11.5. The Morgan fingerprint density at radius 2 is 2.09 bits per heavy atom. The fourth-order valence-electron chi connectivity index (χ4n) is 8.81. The van der Waals surface area contributed by atoms with Crippen LogP contribution in [-0.4, -0.2) is 59.7 Å². The number of carbonyl (C=O) groups is 3. The van der Waals surface area contributed by atoms with Crippen LogP contribution in [0.25, 0.3) is 0 Å². The van der Waals surface area contributed by atoms with Gasteiger partial charge in [-0.15, -0.1) is 0 Å². The SMILES string of the molecule is C=COC(=O)N1C[C@@H]2CC3[C@@H]4C[C@H](F)C5=CC(=O)C=C[C@]5(C)C4C(O)C[C@]3(C)[C@]2(C(=O)CF)C1. The summed E-state index contributed by atoms with van der Waals surface area (Å²) in [6, 6.07) is 0. The number of ketones is 2. The normalized spacial score (nSPS) is 46.7. The molecule has 4 aliphatic carbocycles. The molecule has 0 bridgehead atoms. The second kappa shape index (κ2) is 7.57. The maximum atomic E-state index is 15.5. The van der Waals surface area contributed by atoms with Gasteiger partial charge in [-0.2, -0.15) is 0 Å². The number of likely N-dealkylation sites (tertiary alicyclic amines) is 1. The number of hydrogen-bond donors (Lipinski definition) is 1. The Labute approximate surface area is 197 Å². The Morgan fingerprint density at radius 1 is 1.35 bits per heavy atom. The lowest BCUT2D eigenvalue weighted by Gasteiger charge is -2.60. The van der Waals surface area contributed by atoms with Crippen molar-refractivity contribution >= 4 is 17.7 Å². The van der Waals surface area contributed by atoms with Crippen LogP contribution in [0.1, 0.15) is 33.1 Å². The lowest BCUT2D eigenvalue weighted by molar-refractivity contribution is -0.160. The fraction of sp³-hybridized carbons (Fsp3) is 0.654. The topological polar surface area (TPSA) is 83.9 Å². The predicted octanol–water partition coefficient (Wildman–Crippen LogP) is 3.56. The van der Waals surface area contributed by atoms with E-state index in [-0.39, 0.29) is 55.4 Å². The molecule has 5 rings (SSSR count). The number of ether oxygens (including phenoxy) is 1. The van der Waals surface area contributed by atoms with Gasteiger partial charge in [-0.05, 0) is 60.2 Å².